The second kappa shape index (κ2) is 12.7. The smallest absolute Gasteiger partial charge is 0.182 e. The Morgan fingerprint density at radius 1 is 0.707 bits per heavy atom. The zero-order chi connectivity index (χ0) is 28.9. The van der Waals surface area contributed by atoms with Crippen molar-refractivity contribution in [1.29, 1.82) is 0 Å². The highest BCUT2D eigenvalue weighted by molar-refractivity contribution is 5.67. The van der Waals surface area contributed by atoms with Gasteiger partial charge in [-0.3, -0.25) is 14.8 Å². The first-order valence-electron chi connectivity index (χ1n) is 15.6. The lowest BCUT2D eigenvalue weighted by atomic mass is 10.1. The topological polar surface area (TPSA) is 65.1 Å². The van der Waals surface area contributed by atoms with Gasteiger partial charge in [-0.1, -0.05) is 26.7 Å². The van der Waals surface area contributed by atoms with Gasteiger partial charge >= 0.3 is 0 Å². The maximum Gasteiger partial charge on any atom is 0.182 e. The summed E-state index contributed by atoms with van der Waals surface area (Å²) in [5.41, 5.74) is 5.30. The van der Waals surface area contributed by atoms with Crippen LogP contribution in [0.25, 0.3) is 22.8 Å². The van der Waals surface area contributed by atoms with Crippen molar-refractivity contribution in [2.75, 3.05) is 89.3 Å². The monoisotopic (exact) mass is 559 g/mol. The van der Waals surface area contributed by atoms with Crippen LogP contribution in [0, 0.1) is 0 Å². The van der Waals surface area contributed by atoms with Crippen LogP contribution in [0.4, 0.5) is 11.4 Å². The van der Waals surface area contributed by atoms with Gasteiger partial charge in [0.15, 0.2) is 5.43 Å². The van der Waals surface area contributed by atoms with E-state index in [4.69, 9.17) is 0 Å². The normalized spacial score (nSPS) is 18.4. The molecule has 5 heterocycles. The SMILES string of the molecule is CCCC[N+]1(C)CCN(c2ccnc(-c3cc(=O)cc(-c4cc(N5CC[N+](C)(CCCC)CC5)ccn4)[nH]3)c2)CC1. The molecule has 0 unspecified atom stereocenters. The first kappa shape index (κ1) is 29.3. The van der Waals surface area contributed by atoms with Crippen LogP contribution in [0.3, 0.4) is 0 Å². The highest BCUT2D eigenvalue weighted by Gasteiger charge is 2.29. The number of aromatic amines is 1. The zero-order valence-corrected chi connectivity index (χ0v) is 25.6. The van der Waals surface area contributed by atoms with E-state index in [1.165, 1.54) is 38.8 Å². The summed E-state index contributed by atoms with van der Waals surface area (Å²) in [7, 11) is 4.78. The van der Waals surface area contributed by atoms with Crippen molar-refractivity contribution in [1.82, 2.24) is 15.0 Å². The van der Waals surface area contributed by atoms with E-state index in [0.29, 0.717) is 0 Å². The second-order valence-corrected chi connectivity index (χ2v) is 12.7. The molecule has 41 heavy (non-hydrogen) atoms. The lowest BCUT2D eigenvalue weighted by molar-refractivity contribution is -0.910. The molecule has 0 saturated carbocycles. The number of unbranched alkanes of at least 4 members (excludes halogenated alkanes) is 2. The van der Waals surface area contributed by atoms with Crippen molar-refractivity contribution < 1.29 is 8.97 Å². The van der Waals surface area contributed by atoms with Gasteiger partial charge in [-0.2, -0.15) is 0 Å². The molecule has 2 aliphatic heterocycles. The molecule has 8 heteroatoms. The summed E-state index contributed by atoms with van der Waals surface area (Å²) in [6.45, 7) is 15.8. The van der Waals surface area contributed by atoms with Gasteiger partial charge in [0.25, 0.3) is 0 Å². The Hall–Kier alpha value is -3.23. The van der Waals surface area contributed by atoms with Crippen molar-refractivity contribution in [3.8, 4) is 22.8 Å². The predicted molar refractivity (Wildman–Crippen MR) is 169 cm³/mol. The van der Waals surface area contributed by atoms with Gasteiger partial charge in [0.05, 0.1) is 102 Å². The summed E-state index contributed by atoms with van der Waals surface area (Å²) in [6, 6.07) is 11.7. The molecule has 0 atom stereocenters. The molecule has 220 valence electrons. The van der Waals surface area contributed by atoms with Gasteiger partial charge in [0.1, 0.15) is 0 Å². The van der Waals surface area contributed by atoms with Crippen molar-refractivity contribution in [3.63, 3.8) is 0 Å². The van der Waals surface area contributed by atoms with Crippen LogP contribution in [0.15, 0.2) is 53.6 Å². The van der Waals surface area contributed by atoms with Gasteiger partial charge in [-0.05, 0) is 37.1 Å². The van der Waals surface area contributed by atoms with Gasteiger partial charge in [0.2, 0.25) is 0 Å². The highest BCUT2D eigenvalue weighted by atomic mass is 16.1. The van der Waals surface area contributed by atoms with E-state index in [1.54, 1.807) is 12.1 Å². The van der Waals surface area contributed by atoms with Gasteiger partial charge in [-0.25, -0.2) is 0 Å². The Bertz CT molecular complexity index is 1250. The molecular weight excluding hydrogens is 510 g/mol. The first-order valence-corrected chi connectivity index (χ1v) is 15.6. The lowest BCUT2D eigenvalue weighted by Crippen LogP contribution is -2.57. The summed E-state index contributed by atoms with van der Waals surface area (Å²) < 4.78 is 2.30. The minimum atomic E-state index is -0.0444. The Morgan fingerprint density at radius 2 is 1.12 bits per heavy atom. The third-order valence-electron chi connectivity index (χ3n) is 9.35. The van der Waals surface area contributed by atoms with Crippen LogP contribution in [0.2, 0.25) is 0 Å². The Balaban J connectivity index is 1.32. The number of nitrogens with one attached hydrogen (secondary N) is 1. The number of H-pyrrole nitrogens is 1. The maximum absolute atomic E-state index is 12.8. The summed E-state index contributed by atoms with van der Waals surface area (Å²) in [4.78, 5) is 30.5. The van der Waals surface area contributed by atoms with Crippen molar-refractivity contribution >= 4 is 11.4 Å². The highest BCUT2D eigenvalue weighted by Crippen LogP contribution is 2.27. The fourth-order valence-electron chi connectivity index (χ4n) is 6.29. The summed E-state index contributed by atoms with van der Waals surface area (Å²) in [6.07, 6.45) is 8.78. The number of pyridine rings is 3. The number of likely N-dealkylation sites (N-methyl/N-ethyl adjacent to an activating group) is 2. The number of rotatable bonds is 10. The average molecular weight is 560 g/mol. The largest absolute Gasteiger partial charge is 0.360 e. The molecule has 3 aromatic heterocycles. The molecule has 0 aromatic carbocycles. The van der Waals surface area contributed by atoms with Crippen LogP contribution in [0.1, 0.15) is 39.5 Å². The minimum absolute atomic E-state index is 0.0444. The van der Waals surface area contributed by atoms with Gasteiger partial charge in [0, 0.05) is 35.9 Å². The van der Waals surface area contributed by atoms with Crippen molar-refractivity contribution in [2.45, 2.75) is 39.5 Å². The fourth-order valence-corrected chi connectivity index (χ4v) is 6.29. The summed E-state index contributed by atoms with van der Waals surface area (Å²) >= 11 is 0. The van der Waals surface area contributed by atoms with E-state index in [1.807, 2.05) is 12.4 Å². The van der Waals surface area contributed by atoms with E-state index >= 15 is 0 Å². The van der Waals surface area contributed by atoms with Crippen LogP contribution in [0.5, 0.6) is 0 Å². The van der Waals surface area contributed by atoms with E-state index in [0.717, 1.165) is 95.5 Å². The number of quaternary nitrogens is 2. The van der Waals surface area contributed by atoms with Crippen LogP contribution >= 0.6 is 0 Å². The van der Waals surface area contributed by atoms with Crippen molar-refractivity contribution in [2.24, 2.45) is 0 Å². The molecule has 0 amide bonds. The number of hydrogen-bond donors (Lipinski definition) is 1. The summed E-state index contributed by atoms with van der Waals surface area (Å²) in [5.74, 6) is 0. The van der Waals surface area contributed by atoms with Crippen LogP contribution < -0.4 is 15.2 Å². The standard InChI is InChI=1S/C33H48N7O/c1-5-7-17-39(3)19-13-37(14-20-39)27-9-11-34-30(23-27)32-25-29(41)26-33(36-32)31-24-28(10-12-35-31)38-15-21-40(4,22-16-38)18-8-6-2/h9-12,23-26H,5-8,13-22H2,1-4H3/q+1/p+1. The molecule has 0 aliphatic carbocycles. The molecule has 3 aromatic rings. The Labute approximate surface area is 245 Å². The average Bonchev–Trinajstić information content (AvgIpc) is 3.00. The molecule has 1 N–H and O–H groups in total. The molecule has 2 saturated heterocycles. The van der Waals surface area contributed by atoms with E-state index in [-0.39, 0.29) is 5.43 Å². The Morgan fingerprint density at radius 3 is 1.51 bits per heavy atom. The fraction of sp³-hybridized carbons (Fsp3) is 0.545. The number of hydrogen-bond acceptors (Lipinski definition) is 5. The number of nitrogens with zero attached hydrogens (tertiary/aromatic N) is 6. The third-order valence-corrected chi connectivity index (χ3v) is 9.35. The first-order chi connectivity index (χ1) is 19.8. The lowest BCUT2D eigenvalue weighted by Gasteiger charge is -2.43. The van der Waals surface area contributed by atoms with Crippen LogP contribution in [-0.4, -0.2) is 103 Å². The predicted octanol–water partition coefficient (Wildman–Crippen LogP) is 4.63. The van der Waals surface area contributed by atoms with Gasteiger partial charge < -0.3 is 23.7 Å². The number of piperazine rings is 2. The quantitative estimate of drug-likeness (QED) is 0.367. The van der Waals surface area contributed by atoms with Crippen molar-refractivity contribution in [3.05, 3.63) is 59.0 Å². The molecular formula is C33H49N7O+2. The van der Waals surface area contributed by atoms with Gasteiger partial charge in [-0.15, -0.1) is 0 Å². The maximum atomic E-state index is 12.8. The minimum Gasteiger partial charge on any atom is -0.360 e. The van der Waals surface area contributed by atoms with E-state index < -0.39 is 0 Å². The molecule has 0 radical (unpaired) electrons. The Kier molecular flexibility index (Phi) is 9.09. The molecule has 2 fully saturated rings. The molecule has 8 nitrogen and oxygen atoms in total. The summed E-state index contributed by atoms with van der Waals surface area (Å²) in [5, 5.41) is 0. The number of anilines is 2. The second-order valence-electron chi connectivity index (χ2n) is 12.7. The molecule has 0 spiro atoms. The molecule has 2 aliphatic rings. The van der Waals surface area contributed by atoms with Crippen LogP contribution in [-0.2, 0) is 0 Å². The zero-order valence-electron chi connectivity index (χ0n) is 25.6. The van der Waals surface area contributed by atoms with E-state index in [2.05, 4.69) is 77.0 Å². The van der Waals surface area contributed by atoms with E-state index in [9.17, 15) is 4.79 Å². The molecule has 5 rings (SSSR count). The molecule has 0 bridgehead atoms. The number of aromatic nitrogens is 3. The third kappa shape index (κ3) is 7.16.